The van der Waals surface area contributed by atoms with Gasteiger partial charge in [-0.2, -0.15) is 0 Å². The summed E-state index contributed by atoms with van der Waals surface area (Å²) in [6.07, 6.45) is 4.33. The van der Waals surface area contributed by atoms with Crippen LogP contribution in [-0.2, 0) is 9.53 Å². The Morgan fingerprint density at radius 2 is 1.68 bits per heavy atom. The maximum atomic E-state index is 10.3. The Kier molecular flexibility index (Phi) is 7.49. The summed E-state index contributed by atoms with van der Waals surface area (Å²) in [5.74, 6) is 0.647. The molecule has 0 aromatic heterocycles. The van der Waals surface area contributed by atoms with E-state index >= 15 is 0 Å². The number of primary amides is 1. The number of carboxylic acid groups (broad SMARTS) is 1. The van der Waals surface area contributed by atoms with Crippen LogP contribution in [0.25, 0.3) is 0 Å². The van der Waals surface area contributed by atoms with E-state index in [4.69, 9.17) is 10.8 Å². The minimum Gasteiger partial charge on any atom is -0.481 e. The quantitative estimate of drug-likeness (QED) is 0.808. The predicted octanol–water partition coefficient (Wildman–Crippen LogP) is 3.17. The van der Waals surface area contributed by atoms with E-state index in [1.54, 1.807) is 20.8 Å². The molecule has 1 amide bonds. The van der Waals surface area contributed by atoms with Gasteiger partial charge in [-0.1, -0.05) is 19.8 Å². The van der Waals surface area contributed by atoms with E-state index < -0.39 is 17.7 Å². The second-order valence-electron chi connectivity index (χ2n) is 6.26. The third kappa shape index (κ3) is 11.6. The average molecular weight is 273 g/mol. The average Bonchev–Trinajstić information content (AvgIpc) is 2.18. The van der Waals surface area contributed by atoms with Crippen molar-refractivity contribution in [1.82, 2.24) is 0 Å². The molecule has 5 nitrogen and oxygen atoms in total. The Labute approximate surface area is 115 Å². The lowest BCUT2D eigenvalue weighted by molar-refractivity contribution is -0.138. The molecule has 0 radical (unpaired) electrons. The molecular weight excluding hydrogens is 246 g/mol. The standard InChI is InChI=1S/C9H16O2.C5H11NO2/c1-7-2-4-8(5-3-7)6-9(10)11;1-5(2,3)8-4(6)7/h7-8H,2-6H2,1H3,(H,10,11);1-3H3,(H2,6,7). The number of rotatable bonds is 2. The summed E-state index contributed by atoms with van der Waals surface area (Å²) in [6.45, 7) is 7.53. The van der Waals surface area contributed by atoms with Crippen molar-refractivity contribution in [1.29, 1.82) is 0 Å². The molecule has 1 aliphatic rings. The number of amides is 1. The molecule has 19 heavy (non-hydrogen) atoms. The smallest absolute Gasteiger partial charge is 0.405 e. The van der Waals surface area contributed by atoms with E-state index in [2.05, 4.69) is 11.7 Å². The van der Waals surface area contributed by atoms with Gasteiger partial charge in [0, 0.05) is 6.42 Å². The second-order valence-corrected chi connectivity index (χ2v) is 6.26. The largest absolute Gasteiger partial charge is 0.481 e. The molecule has 1 rings (SSSR count). The predicted molar refractivity (Wildman–Crippen MR) is 73.8 cm³/mol. The molecule has 112 valence electrons. The normalized spacial score (nSPS) is 22.9. The summed E-state index contributed by atoms with van der Waals surface area (Å²) in [7, 11) is 0. The Morgan fingerprint density at radius 3 is 1.95 bits per heavy atom. The number of aliphatic carboxylic acids is 1. The van der Waals surface area contributed by atoms with Crippen LogP contribution in [0.5, 0.6) is 0 Å². The lowest BCUT2D eigenvalue weighted by Gasteiger charge is -2.24. The molecule has 0 unspecified atom stereocenters. The summed E-state index contributed by atoms with van der Waals surface area (Å²) in [5.41, 5.74) is 4.26. The highest BCUT2D eigenvalue weighted by Gasteiger charge is 2.19. The number of carbonyl (C=O) groups excluding carboxylic acids is 1. The molecule has 0 heterocycles. The molecule has 0 bridgehead atoms. The Morgan fingerprint density at radius 1 is 1.21 bits per heavy atom. The van der Waals surface area contributed by atoms with E-state index in [-0.39, 0.29) is 0 Å². The minimum absolute atomic E-state index is 0.382. The van der Waals surface area contributed by atoms with Crippen molar-refractivity contribution >= 4 is 12.1 Å². The van der Waals surface area contributed by atoms with Gasteiger partial charge in [0.2, 0.25) is 0 Å². The maximum absolute atomic E-state index is 10.3. The zero-order valence-electron chi connectivity index (χ0n) is 12.4. The van der Waals surface area contributed by atoms with Gasteiger partial charge >= 0.3 is 12.1 Å². The minimum atomic E-state index is -0.725. The highest BCUT2D eigenvalue weighted by atomic mass is 16.6. The van der Waals surface area contributed by atoms with Gasteiger partial charge in [-0.3, -0.25) is 4.79 Å². The first-order chi connectivity index (χ1) is 8.60. The van der Waals surface area contributed by atoms with Gasteiger partial charge in [0.1, 0.15) is 5.60 Å². The number of carbonyl (C=O) groups is 2. The number of ether oxygens (including phenoxy) is 1. The van der Waals surface area contributed by atoms with E-state index in [9.17, 15) is 9.59 Å². The van der Waals surface area contributed by atoms with Gasteiger partial charge in [-0.25, -0.2) is 4.79 Å². The van der Waals surface area contributed by atoms with Crippen LogP contribution in [0.2, 0.25) is 0 Å². The zero-order chi connectivity index (χ0) is 15.1. The van der Waals surface area contributed by atoms with Crippen LogP contribution in [0.15, 0.2) is 0 Å². The molecule has 3 N–H and O–H groups in total. The lowest BCUT2D eigenvalue weighted by atomic mass is 9.81. The van der Waals surface area contributed by atoms with Gasteiger partial charge in [0.15, 0.2) is 0 Å². The van der Waals surface area contributed by atoms with Gasteiger partial charge < -0.3 is 15.6 Å². The fraction of sp³-hybridized carbons (Fsp3) is 0.857. The SMILES string of the molecule is CC(C)(C)OC(N)=O.CC1CCC(CC(=O)O)CC1. The van der Waals surface area contributed by atoms with Crippen molar-refractivity contribution in [3.05, 3.63) is 0 Å². The molecule has 1 fully saturated rings. The second kappa shape index (κ2) is 8.02. The summed E-state index contributed by atoms with van der Waals surface area (Å²) in [5, 5.41) is 8.53. The fourth-order valence-corrected chi connectivity index (χ4v) is 2.08. The first-order valence-corrected chi connectivity index (χ1v) is 6.80. The molecule has 0 aromatic rings. The molecule has 0 saturated heterocycles. The number of hydrogen-bond acceptors (Lipinski definition) is 3. The van der Waals surface area contributed by atoms with E-state index in [0.29, 0.717) is 12.3 Å². The number of nitrogens with two attached hydrogens (primary N) is 1. The third-order valence-electron chi connectivity index (χ3n) is 3.01. The molecule has 0 spiro atoms. The van der Waals surface area contributed by atoms with Crippen LogP contribution < -0.4 is 5.73 Å². The van der Waals surface area contributed by atoms with Gasteiger partial charge in [0.05, 0.1) is 0 Å². The van der Waals surface area contributed by atoms with Crippen molar-refractivity contribution in [2.75, 3.05) is 0 Å². The van der Waals surface area contributed by atoms with Crippen LogP contribution in [-0.4, -0.2) is 22.8 Å². The van der Waals surface area contributed by atoms with Gasteiger partial charge in [0.25, 0.3) is 0 Å². The first-order valence-electron chi connectivity index (χ1n) is 6.80. The summed E-state index contributed by atoms with van der Waals surface area (Å²) < 4.78 is 4.58. The summed E-state index contributed by atoms with van der Waals surface area (Å²) in [6, 6.07) is 0. The van der Waals surface area contributed by atoms with Crippen LogP contribution >= 0.6 is 0 Å². The zero-order valence-corrected chi connectivity index (χ0v) is 12.4. The Bertz CT molecular complexity index is 288. The van der Waals surface area contributed by atoms with Crippen molar-refractivity contribution in [3.63, 3.8) is 0 Å². The molecule has 1 aliphatic carbocycles. The topological polar surface area (TPSA) is 89.6 Å². The summed E-state index contributed by atoms with van der Waals surface area (Å²) in [4.78, 5) is 20.4. The van der Waals surface area contributed by atoms with Crippen LogP contribution in [0.3, 0.4) is 0 Å². The first kappa shape index (κ1) is 17.7. The van der Waals surface area contributed by atoms with E-state index in [1.165, 1.54) is 12.8 Å². The van der Waals surface area contributed by atoms with Crippen LogP contribution in [0.4, 0.5) is 4.79 Å². The monoisotopic (exact) mass is 273 g/mol. The van der Waals surface area contributed by atoms with Crippen molar-refractivity contribution in [3.8, 4) is 0 Å². The fourth-order valence-electron chi connectivity index (χ4n) is 2.08. The highest BCUT2D eigenvalue weighted by Crippen LogP contribution is 2.30. The number of carboxylic acids is 1. The molecule has 0 atom stereocenters. The highest BCUT2D eigenvalue weighted by molar-refractivity contribution is 5.67. The molecule has 0 aromatic carbocycles. The third-order valence-corrected chi connectivity index (χ3v) is 3.01. The molecule has 5 heteroatoms. The molecule has 1 saturated carbocycles. The summed E-state index contributed by atoms with van der Waals surface area (Å²) >= 11 is 0. The van der Waals surface area contributed by atoms with E-state index in [1.807, 2.05) is 0 Å². The van der Waals surface area contributed by atoms with Gasteiger partial charge in [-0.15, -0.1) is 0 Å². The van der Waals surface area contributed by atoms with Crippen LogP contribution in [0, 0.1) is 11.8 Å². The van der Waals surface area contributed by atoms with Crippen molar-refractivity contribution in [2.24, 2.45) is 17.6 Å². The van der Waals surface area contributed by atoms with Crippen LogP contribution in [0.1, 0.15) is 59.8 Å². The molecule has 0 aliphatic heterocycles. The maximum Gasteiger partial charge on any atom is 0.405 e. The Balaban J connectivity index is 0.000000362. The van der Waals surface area contributed by atoms with E-state index in [0.717, 1.165) is 18.8 Å². The number of hydrogen-bond donors (Lipinski definition) is 2. The van der Waals surface area contributed by atoms with Crippen molar-refractivity contribution < 1.29 is 19.4 Å². The molecular formula is C14H27NO4. The lowest BCUT2D eigenvalue weighted by Crippen LogP contribution is -2.27. The Hall–Kier alpha value is -1.26. The van der Waals surface area contributed by atoms with Gasteiger partial charge in [-0.05, 0) is 45.4 Å². The van der Waals surface area contributed by atoms with Crippen molar-refractivity contribution in [2.45, 2.75) is 65.4 Å².